The Balaban J connectivity index is 1.65. The number of fused-ring (bicyclic) bond motifs is 1. The van der Waals surface area contributed by atoms with E-state index >= 15 is 0 Å². The highest BCUT2D eigenvalue weighted by atomic mass is 32.2. The lowest BCUT2D eigenvalue weighted by Crippen LogP contribution is -2.31. The summed E-state index contributed by atoms with van der Waals surface area (Å²) in [6.45, 7) is 0. The fourth-order valence-electron chi connectivity index (χ4n) is 3.47. The molecule has 1 atom stereocenters. The number of nitrogens with one attached hydrogen (secondary N) is 1. The van der Waals surface area contributed by atoms with Crippen LogP contribution in [0.15, 0.2) is 34.4 Å². The Kier molecular flexibility index (Phi) is 4.54. The Morgan fingerprint density at radius 1 is 1.35 bits per heavy atom. The number of amides is 1. The van der Waals surface area contributed by atoms with Gasteiger partial charge in [0.2, 0.25) is 0 Å². The Morgan fingerprint density at radius 3 is 2.81 bits per heavy atom. The molecule has 0 bridgehead atoms. The van der Waals surface area contributed by atoms with Gasteiger partial charge in [-0.3, -0.25) is 9.80 Å². The predicted octanol–water partition coefficient (Wildman–Crippen LogP) is 2.42. The van der Waals surface area contributed by atoms with E-state index in [0.717, 1.165) is 35.9 Å². The van der Waals surface area contributed by atoms with E-state index in [1.165, 1.54) is 35.2 Å². The van der Waals surface area contributed by atoms with Crippen LogP contribution < -0.4 is 5.32 Å². The number of carbonyl (C=O) groups is 2. The van der Waals surface area contributed by atoms with Crippen LogP contribution in [0.25, 0.3) is 0 Å². The topological polar surface area (TPSA) is 82.0 Å². The number of hydrazone groups is 1. The number of hydrogen-bond donors (Lipinski definition) is 2. The third kappa shape index (κ3) is 3.26. The van der Waals surface area contributed by atoms with Gasteiger partial charge in [-0.15, -0.1) is 0 Å². The first kappa shape index (κ1) is 17.2. The van der Waals surface area contributed by atoms with Crippen LogP contribution in [0, 0.1) is 0 Å². The quantitative estimate of drug-likeness (QED) is 0.612. The van der Waals surface area contributed by atoms with Gasteiger partial charge in [0, 0.05) is 12.6 Å². The number of carboxylic acid groups (broad SMARTS) is 1. The van der Waals surface area contributed by atoms with Gasteiger partial charge >= 0.3 is 5.97 Å². The summed E-state index contributed by atoms with van der Waals surface area (Å²) in [6.07, 6.45) is 6.34. The third-order valence-electron chi connectivity index (χ3n) is 4.80. The van der Waals surface area contributed by atoms with Gasteiger partial charge < -0.3 is 10.4 Å². The smallest absolute Gasteiger partial charge is 0.328 e. The van der Waals surface area contributed by atoms with E-state index < -0.39 is 12.0 Å². The zero-order chi connectivity index (χ0) is 18.3. The average molecular weight is 387 g/mol. The Labute approximate surface area is 160 Å². The maximum Gasteiger partial charge on any atom is 0.328 e. The van der Waals surface area contributed by atoms with Crippen molar-refractivity contribution in [3.05, 3.63) is 46.0 Å². The third-order valence-corrected chi connectivity index (χ3v) is 5.95. The molecule has 134 valence electrons. The van der Waals surface area contributed by atoms with Crippen molar-refractivity contribution in [2.75, 3.05) is 0 Å². The number of thiocarbonyl (C=S) groups is 1. The van der Waals surface area contributed by atoms with Crippen molar-refractivity contribution in [2.45, 2.75) is 38.1 Å². The van der Waals surface area contributed by atoms with Crippen LogP contribution in [0.5, 0.6) is 0 Å². The Hall–Kier alpha value is -2.19. The molecule has 0 unspecified atom stereocenters. The summed E-state index contributed by atoms with van der Waals surface area (Å²) in [5.41, 5.74) is 4.39. The highest BCUT2D eigenvalue weighted by Crippen LogP contribution is 2.29. The van der Waals surface area contributed by atoms with Crippen LogP contribution in [0.3, 0.4) is 0 Å². The number of benzene rings is 1. The van der Waals surface area contributed by atoms with E-state index in [4.69, 9.17) is 12.2 Å². The second-order valence-corrected chi connectivity index (χ2v) is 8.23. The molecule has 6 nitrogen and oxygen atoms in total. The molecule has 0 saturated carbocycles. The summed E-state index contributed by atoms with van der Waals surface area (Å²) in [5, 5.41) is 17.9. The van der Waals surface area contributed by atoms with Crippen LogP contribution in [0.1, 0.15) is 36.0 Å². The molecular formula is C18H17N3O3S2. The molecule has 3 aliphatic rings. The first-order valence-electron chi connectivity index (χ1n) is 8.47. The molecular weight excluding hydrogens is 370 g/mol. The molecule has 8 heteroatoms. The van der Waals surface area contributed by atoms with Crippen LogP contribution >= 0.6 is 24.0 Å². The fraction of sp³-hybridized carbons (Fsp3) is 0.333. The predicted molar refractivity (Wildman–Crippen MR) is 104 cm³/mol. The van der Waals surface area contributed by atoms with Crippen molar-refractivity contribution in [1.82, 2.24) is 10.3 Å². The lowest BCUT2D eigenvalue weighted by atomic mass is 9.89. The summed E-state index contributed by atoms with van der Waals surface area (Å²) >= 11 is 6.09. The van der Waals surface area contributed by atoms with Crippen molar-refractivity contribution in [3.63, 3.8) is 0 Å². The largest absolute Gasteiger partial charge is 0.480 e. The second kappa shape index (κ2) is 6.85. The summed E-state index contributed by atoms with van der Waals surface area (Å²) < 4.78 is 0.367. The Bertz CT molecular complexity index is 878. The molecule has 0 radical (unpaired) electrons. The van der Waals surface area contributed by atoms with Crippen LogP contribution in [0.4, 0.5) is 0 Å². The van der Waals surface area contributed by atoms with E-state index in [1.54, 1.807) is 0 Å². The summed E-state index contributed by atoms with van der Waals surface area (Å²) in [5.74, 6) is -1.29. The van der Waals surface area contributed by atoms with Gasteiger partial charge in [-0.25, -0.2) is 4.79 Å². The second-order valence-electron chi connectivity index (χ2n) is 6.51. The van der Waals surface area contributed by atoms with E-state index in [1.807, 2.05) is 6.07 Å². The van der Waals surface area contributed by atoms with Gasteiger partial charge in [0.1, 0.15) is 4.32 Å². The lowest BCUT2D eigenvalue weighted by Gasteiger charge is -2.16. The van der Waals surface area contributed by atoms with Crippen LogP contribution in [-0.4, -0.2) is 38.1 Å². The van der Waals surface area contributed by atoms with Crippen molar-refractivity contribution >= 4 is 45.9 Å². The molecule has 1 aromatic carbocycles. The molecule has 0 aromatic heterocycles. The van der Waals surface area contributed by atoms with E-state index in [9.17, 15) is 14.7 Å². The van der Waals surface area contributed by atoms with Gasteiger partial charge in [-0.05, 0) is 48.4 Å². The van der Waals surface area contributed by atoms with Crippen molar-refractivity contribution in [3.8, 4) is 0 Å². The molecule has 4 rings (SSSR count). The first-order valence-corrected chi connectivity index (χ1v) is 9.69. The average Bonchev–Trinajstić information content (AvgIpc) is 3.18. The maximum atomic E-state index is 11.9. The highest BCUT2D eigenvalue weighted by Gasteiger charge is 2.34. The SMILES string of the molecule is O=C1NC(=S)S/C1=C\N1N=C(c2ccc3c(c2)CCCC3)C[C@H]1C(=O)O. The highest BCUT2D eigenvalue weighted by molar-refractivity contribution is 8.26. The van der Waals surface area contributed by atoms with Gasteiger partial charge in [0.05, 0.1) is 10.6 Å². The molecule has 2 heterocycles. The number of aliphatic carboxylic acids is 1. The molecule has 1 fully saturated rings. The monoisotopic (exact) mass is 387 g/mol. The van der Waals surface area contributed by atoms with E-state index in [2.05, 4.69) is 22.6 Å². The van der Waals surface area contributed by atoms with E-state index in [0.29, 0.717) is 15.6 Å². The summed E-state index contributed by atoms with van der Waals surface area (Å²) in [6, 6.07) is 5.46. The number of aryl methyl sites for hydroxylation is 2. The molecule has 1 aromatic rings. The lowest BCUT2D eigenvalue weighted by molar-refractivity contribution is -0.141. The minimum Gasteiger partial charge on any atom is -0.480 e. The van der Waals surface area contributed by atoms with Crippen LogP contribution in [0.2, 0.25) is 0 Å². The minimum atomic E-state index is -0.968. The zero-order valence-electron chi connectivity index (χ0n) is 13.9. The normalized spacial score (nSPS) is 23.8. The molecule has 1 saturated heterocycles. The van der Waals surface area contributed by atoms with Crippen molar-refractivity contribution in [2.24, 2.45) is 5.10 Å². The molecule has 0 spiro atoms. The van der Waals surface area contributed by atoms with Gasteiger partial charge in [0.25, 0.3) is 5.91 Å². The zero-order valence-corrected chi connectivity index (χ0v) is 15.5. The standard InChI is InChI=1S/C18H17N3O3S2/c22-16-15(26-18(25)19-16)9-21-14(17(23)24)8-13(20-21)12-6-5-10-3-1-2-4-11(10)7-12/h5-7,9,14H,1-4,8H2,(H,23,24)(H,19,22,25)/b15-9-/t14-/m0/s1. The summed E-state index contributed by atoms with van der Waals surface area (Å²) in [4.78, 5) is 23.9. The summed E-state index contributed by atoms with van der Waals surface area (Å²) in [7, 11) is 0. The number of rotatable bonds is 3. The van der Waals surface area contributed by atoms with Crippen molar-refractivity contribution < 1.29 is 14.7 Å². The maximum absolute atomic E-state index is 11.9. The molecule has 1 aliphatic carbocycles. The number of carbonyl (C=O) groups excluding carboxylic acids is 1. The first-order chi connectivity index (χ1) is 12.5. The van der Waals surface area contributed by atoms with Gasteiger partial charge in [-0.2, -0.15) is 5.10 Å². The number of hydrogen-bond acceptors (Lipinski definition) is 6. The number of carboxylic acids is 1. The molecule has 1 amide bonds. The van der Waals surface area contributed by atoms with Crippen LogP contribution in [-0.2, 0) is 22.4 Å². The van der Waals surface area contributed by atoms with Gasteiger partial charge in [-0.1, -0.05) is 36.1 Å². The van der Waals surface area contributed by atoms with Crippen molar-refractivity contribution in [1.29, 1.82) is 0 Å². The fourth-order valence-corrected chi connectivity index (χ4v) is 4.48. The van der Waals surface area contributed by atoms with Gasteiger partial charge in [0.15, 0.2) is 6.04 Å². The molecule has 26 heavy (non-hydrogen) atoms. The van der Waals surface area contributed by atoms with E-state index in [-0.39, 0.29) is 5.91 Å². The molecule has 2 aliphatic heterocycles. The number of nitrogens with zero attached hydrogens (tertiary/aromatic N) is 2. The number of thioether (sulfide) groups is 1. The minimum absolute atomic E-state index is 0.300. The molecule has 2 N–H and O–H groups in total. The Morgan fingerprint density at radius 2 is 2.12 bits per heavy atom.